The predicted molar refractivity (Wildman–Crippen MR) is 93.5 cm³/mol. The number of benzene rings is 1. The lowest BCUT2D eigenvalue weighted by atomic mass is 10.1. The summed E-state index contributed by atoms with van der Waals surface area (Å²) in [5.41, 5.74) is 0.540. The number of nitrogens with zero attached hydrogens (tertiary/aromatic N) is 3. The zero-order valence-electron chi connectivity index (χ0n) is 14.7. The van der Waals surface area contributed by atoms with E-state index in [9.17, 15) is 22.8 Å². The molecule has 2 heterocycles. The van der Waals surface area contributed by atoms with E-state index in [1.807, 2.05) is 6.92 Å². The van der Waals surface area contributed by atoms with Gasteiger partial charge in [-0.3, -0.25) is 9.59 Å². The summed E-state index contributed by atoms with van der Waals surface area (Å²) >= 11 is 0. The van der Waals surface area contributed by atoms with Crippen LogP contribution in [-0.2, 0) is 11.0 Å². The fourth-order valence-electron chi connectivity index (χ4n) is 2.85. The van der Waals surface area contributed by atoms with Gasteiger partial charge in [0.05, 0.1) is 5.56 Å². The minimum atomic E-state index is -4.42. The van der Waals surface area contributed by atoms with Crippen LogP contribution in [0.1, 0.15) is 21.5 Å². The van der Waals surface area contributed by atoms with E-state index < -0.39 is 23.4 Å². The van der Waals surface area contributed by atoms with Crippen LogP contribution < -0.4 is 4.90 Å². The Balaban J connectivity index is 1.60. The molecular weight excluding hydrogens is 359 g/mol. The highest BCUT2D eigenvalue weighted by Crippen LogP contribution is 2.29. The molecule has 0 saturated carbocycles. The Morgan fingerprint density at radius 3 is 2.11 bits per heavy atom. The molecule has 1 amide bonds. The molecule has 1 aromatic heterocycles. The highest BCUT2D eigenvalue weighted by Gasteiger charge is 2.31. The van der Waals surface area contributed by atoms with Crippen LogP contribution in [-0.4, -0.2) is 47.8 Å². The standard InChI is InChI=1S/C19H18F3N3O2/c1-13-2-4-14(5-3-13)17(26)18(27)25-10-8-24(9-11-25)16-7-6-15(12-23-16)19(20,21)22/h2-7,12H,8-11H2,1H3. The van der Waals surface area contributed by atoms with E-state index in [0.29, 0.717) is 37.6 Å². The van der Waals surface area contributed by atoms with Crippen LogP contribution in [0, 0.1) is 6.92 Å². The number of alkyl halides is 3. The van der Waals surface area contributed by atoms with Crippen LogP contribution in [0.4, 0.5) is 19.0 Å². The first kappa shape index (κ1) is 18.9. The van der Waals surface area contributed by atoms with Gasteiger partial charge < -0.3 is 9.80 Å². The number of anilines is 1. The van der Waals surface area contributed by atoms with Crippen LogP contribution in [0.3, 0.4) is 0 Å². The smallest absolute Gasteiger partial charge is 0.353 e. The van der Waals surface area contributed by atoms with Crippen molar-refractivity contribution in [2.24, 2.45) is 0 Å². The molecule has 0 radical (unpaired) electrons. The van der Waals surface area contributed by atoms with Gasteiger partial charge in [-0.05, 0) is 19.1 Å². The van der Waals surface area contributed by atoms with Crippen LogP contribution in [0.5, 0.6) is 0 Å². The number of carbonyl (C=O) groups is 2. The highest BCUT2D eigenvalue weighted by atomic mass is 19.4. The van der Waals surface area contributed by atoms with E-state index in [-0.39, 0.29) is 0 Å². The maximum atomic E-state index is 12.6. The minimum absolute atomic E-state index is 0.305. The van der Waals surface area contributed by atoms with Gasteiger partial charge in [-0.15, -0.1) is 0 Å². The van der Waals surface area contributed by atoms with Crippen molar-refractivity contribution in [3.05, 3.63) is 59.3 Å². The largest absolute Gasteiger partial charge is 0.417 e. The summed E-state index contributed by atoms with van der Waals surface area (Å²) in [6.07, 6.45) is -3.62. The summed E-state index contributed by atoms with van der Waals surface area (Å²) in [6.45, 7) is 3.29. The van der Waals surface area contributed by atoms with Gasteiger partial charge in [0.25, 0.3) is 5.91 Å². The van der Waals surface area contributed by atoms with Crippen molar-refractivity contribution in [1.29, 1.82) is 0 Å². The van der Waals surface area contributed by atoms with Gasteiger partial charge in [0, 0.05) is 37.9 Å². The first-order valence-electron chi connectivity index (χ1n) is 8.44. The van der Waals surface area contributed by atoms with Crippen molar-refractivity contribution >= 4 is 17.5 Å². The third-order valence-corrected chi connectivity index (χ3v) is 4.47. The molecule has 1 aromatic carbocycles. The molecule has 1 aliphatic heterocycles. The third-order valence-electron chi connectivity index (χ3n) is 4.47. The summed E-state index contributed by atoms with van der Waals surface area (Å²) in [7, 11) is 0. The van der Waals surface area contributed by atoms with E-state index in [4.69, 9.17) is 0 Å². The van der Waals surface area contributed by atoms with E-state index in [1.165, 1.54) is 11.0 Å². The SMILES string of the molecule is Cc1ccc(C(=O)C(=O)N2CCN(c3ccc(C(F)(F)F)cn3)CC2)cc1. The van der Waals surface area contributed by atoms with Crippen LogP contribution in [0.25, 0.3) is 0 Å². The molecule has 142 valence electrons. The van der Waals surface area contributed by atoms with Crippen molar-refractivity contribution < 1.29 is 22.8 Å². The molecule has 1 aliphatic rings. The first-order valence-corrected chi connectivity index (χ1v) is 8.44. The second-order valence-corrected chi connectivity index (χ2v) is 6.38. The summed E-state index contributed by atoms with van der Waals surface area (Å²) in [5, 5.41) is 0. The van der Waals surface area contributed by atoms with Crippen molar-refractivity contribution in [2.45, 2.75) is 13.1 Å². The molecule has 1 saturated heterocycles. The monoisotopic (exact) mass is 377 g/mol. The maximum Gasteiger partial charge on any atom is 0.417 e. The van der Waals surface area contributed by atoms with Gasteiger partial charge in [0.2, 0.25) is 5.78 Å². The van der Waals surface area contributed by atoms with Crippen LogP contribution in [0.15, 0.2) is 42.6 Å². The number of piperazine rings is 1. The number of Topliss-reactive ketones (excluding diaryl/α,β-unsaturated/α-hetero) is 1. The Bertz CT molecular complexity index is 825. The number of pyridine rings is 1. The van der Waals surface area contributed by atoms with Gasteiger partial charge in [-0.1, -0.05) is 29.8 Å². The first-order chi connectivity index (χ1) is 12.8. The van der Waals surface area contributed by atoms with Crippen molar-refractivity contribution in [3.63, 3.8) is 0 Å². The summed E-state index contributed by atoms with van der Waals surface area (Å²) in [4.78, 5) is 31.8. The summed E-state index contributed by atoms with van der Waals surface area (Å²) < 4.78 is 37.8. The number of aryl methyl sites for hydroxylation is 1. The Morgan fingerprint density at radius 1 is 0.963 bits per heavy atom. The molecule has 3 rings (SSSR count). The average Bonchev–Trinajstić information content (AvgIpc) is 2.67. The van der Waals surface area contributed by atoms with Gasteiger partial charge in [-0.25, -0.2) is 4.98 Å². The molecule has 0 spiro atoms. The number of ketones is 1. The van der Waals surface area contributed by atoms with E-state index in [0.717, 1.165) is 17.8 Å². The minimum Gasteiger partial charge on any atom is -0.353 e. The average molecular weight is 377 g/mol. The maximum absolute atomic E-state index is 12.6. The van der Waals surface area contributed by atoms with Gasteiger partial charge in [0.1, 0.15) is 5.82 Å². The van der Waals surface area contributed by atoms with Crippen molar-refractivity contribution in [3.8, 4) is 0 Å². The fourth-order valence-corrected chi connectivity index (χ4v) is 2.85. The van der Waals surface area contributed by atoms with Crippen molar-refractivity contribution in [2.75, 3.05) is 31.1 Å². The molecule has 0 atom stereocenters. The Morgan fingerprint density at radius 2 is 1.59 bits per heavy atom. The molecule has 0 N–H and O–H groups in total. The topological polar surface area (TPSA) is 53.5 Å². The normalized spacial score (nSPS) is 15.0. The number of aromatic nitrogens is 1. The molecule has 0 bridgehead atoms. The second kappa shape index (κ2) is 7.38. The zero-order chi connectivity index (χ0) is 19.6. The Labute approximate surface area is 154 Å². The second-order valence-electron chi connectivity index (χ2n) is 6.38. The number of amides is 1. The number of hydrogen-bond acceptors (Lipinski definition) is 4. The van der Waals surface area contributed by atoms with E-state index in [2.05, 4.69) is 4.98 Å². The quantitative estimate of drug-likeness (QED) is 0.610. The molecule has 8 heteroatoms. The predicted octanol–water partition coefficient (Wildman–Crippen LogP) is 2.94. The van der Waals surface area contributed by atoms with Crippen molar-refractivity contribution in [1.82, 2.24) is 9.88 Å². The Hall–Kier alpha value is -2.90. The van der Waals surface area contributed by atoms with Crippen LogP contribution >= 0.6 is 0 Å². The van der Waals surface area contributed by atoms with Gasteiger partial charge >= 0.3 is 6.18 Å². The van der Waals surface area contributed by atoms with E-state index in [1.54, 1.807) is 29.2 Å². The molecule has 2 aromatic rings. The van der Waals surface area contributed by atoms with E-state index >= 15 is 0 Å². The number of carbonyl (C=O) groups excluding carboxylic acids is 2. The lowest BCUT2D eigenvalue weighted by Crippen LogP contribution is -2.50. The lowest BCUT2D eigenvalue weighted by Gasteiger charge is -2.35. The highest BCUT2D eigenvalue weighted by molar-refractivity contribution is 6.42. The molecule has 0 unspecified atom stereocenters. The third kappa shape index (κ3) is 4.27. The lowest BCUT2D eigenvalue weighted by molar-refractivity contribution is -0.137. The number of halogens is 3. The molecular formula is C19H18F3N3O2. The number of rotatable bonds is 3. The van der Waals surface area contributed by atoms with Gasteiger partial charge in [0.15, 0.2) is 0 Å². The molecule has 1 fully saturated rings. The molecule has 27 heavy (non-hydrogen) atoms. The summed E-state index contributed by atoms with van der Waals surface area (Å²) in [5.74, 6) is -0.713. The zero-order valence-corrected chi connectivity index (χ0v) is 14.7. The summed E-state index contributed by atoms with van der Waals surface area (Å²) in [6, 6.07) is 9.10. The fraction of sp³-hybridized carbons (Fsp3) is 0.316. The van der Waals surface area contributed by atoms with Gasteiger partial charge in [-0.2, -0.15) is 13.2 Å². The number of hydrogen-bond donors (Lipinski definition) is 0. The Kier molecular flexibility index (Phi) is 5.16. The van der Waals surface area contributed by atoms with Crippen LogP contribution in [0.2, 0.25) is 0 Å². The molecule has 0 aliphatic carbocycles. The molecule has 5 nitrogen and oxygen atoms in total.